The SMILES string of the molecule is NC(=[NH2+])SCCc1nc2ccccc2[nH]1. The van der Waals surface area contributed by atoms with Crippen molar-refractivity contribution in [1.82, 2.24) is 9.97 Å². The molecule has 0 bridgehead atoms. The Hall–Kier alpha value is -1.49. The lowest BCUT2D eigenvalue weighted by Gasteiger charge is -1.92. The highest BCUT2D eigenvalue weighted by atomic mass is 32.2. The summed E-state index contributed by atoms with van der Waals surface area (Å²) < 4.78 is 0. The fourth-order valence-electron chi connectivity index (χ4n) is 1.39. The maximum absolute atomic E-state index is 5.36. The zero-order valence-corrected chi connectivity index (χ0v) is 9.05. The van der Waals surface area contributed by atoms with Crippen LogP contribution in [0.4, 0.5) is 0 Å². The van der Waals surface area contributed by atoms with Crippen LogP contribution in [0.15, 0.2) is 24.3 Å². The van der Waals surface area contributed by atoms with E-state index in [4.69, 9.17) is 11.1 Å². The first-order chi connectivity index (χ1) is 7.25. The number of aromatic amines is 1. The number of hydrogen-bond donors (Lipinski definition) is 3. The van der Waals surface area contributed by atoms with Crippen molar-refractivity contribution >= 4 is 28.0 Å². The minimum atomic E-state index is 0.408. The van der Waals surface area contributed by atoms with Crippen molar-refractivity contribution in [2.24, 2.45) is 5.73 Å². The Morgan fingerprint density at radius 3 is 3.00 bits per heavy atom. The maximum atomic E-state index is 5.36. The molecule has 2 aromatic rings. The molecular formula is C10H13N4S+. The molecule has 1 aromatic carbocycles. The molecule has 78 valence electrons. The highest BCUT2D eigenvalue weighted by molar-refractivity contribution is 8.13. The van der Waals surface area contributed by atoms with Gasteiger partial charge in [0.2, 0.25) is 0 Å². The smallest absolute Gasteiger partial charge is 0.299 e. The molecular weight excluding hydrogens is 208 g/mol. The zero-order chi connectivity index (χ0) is 10.7. The molecule has 0 saturated carbocycles. The van der Waals surface area contributed by atoms with Gasteiger partial charge in [-0.2, -0.15) is 0 Å². The maximum Gasteiger partial charge on any atom is 0.299 e. The number of H-pyrrole nitrogens is 1. The highest BCUT2D eigenvalue weighted by Gasteiger charge is 2.03. The van der Waals surface area contributed by atoms with Crippen molar-refractivity contribution in [3.63, 3.8) is 0 Å². The number of imidazole rings is 1. The second-order valence-electron chi connectivity index (χ2n) is 3.20. The Kier molecular flexibility index (Phi) is 2.91. The van der Waals surface area contributed by atoms with E-state index in [1.54, 1.807) is 0 Å². The molecule has 4 nitrogen and oxygen atoms in total. The summed E-state index contributed by atoms with van der Waals surface area (Å²) in [6.45, 7) is 0. The molecule has 0 radical (unpaired) electrons. The number of nitrogens with one attached hydrogen (secondary N) is 1. The van der Waals surface area contributed by atoms with Gasteiger partial charge in [0.1, 0.15) is 5.82 Å². The number of para-hydroxylation sites is 2. The highest BCUT2D eigenvalue weighted by Crippen LogP contribution is 2.11. The van der Waals surface area contributed by atoms with Crippen molar-refractivity contribution in [3.8, 4) is 0 Å². The van der Waals surface area contributed by atoms with Gasteiger partial charge in [0.05, 0.1) is 11.0 Å². The quantitative estimate of drug-likeness (QED) is 0.500. The van der Waals surface area contributed by atoms with Crippen molar-refractivity contribution in [2.45, 2.75) is 6.42 Å². The van der Waals surface area contributed by atoms with Crippen LogP contribution < -0.4 is 11.1 Å². The number of nitrogens with zero attached hydrogens (tertiary/aromatic N) is 1. The van der Waals surface area contributed by atoms with Gasteiger partial charge in [-0.3, -0.25) is 11.1 Å². The lowest BCUT2D eigenvalue weighted by Crippen LogP contribution is -2.43. The second kappa shape index (κ2) is 4.35. The Labute approximate surface area is 91.8 Å². The van der Waals surface area contributed by atoms with Crippen LogP contribution in [0, 0.1) is 0 Å². The lowest BCUT2D eigenvalue weighted by atomic mass is 10.3. The average Bonchev–Trinajstić information content (AvgIpc) is 2.59. The van der Waals surface area contributed by atoms with E-state index < -0.39 is 0 Å². The van der Waals surface area contributed by atoms with Crippen LogP contribution in [0.1, 0.15) is 5.82 Å². The Morgan fingerprint density at radius 2 is 2.27 bits per heavy atom. The lowest BCUT2D eigenvalue weighted by molar-refractivity contribution is -0.110. The Morgan fingerprint density at radius 1 is 1.47 bits per heavy atom. The molecule has 0 aliphatic heterocycles. The summed E-state index contributed by atoms with van der Waals surface area (Å²) in [4.78, 5) is 7.70. The molecule has 5 N–H and O–H groups in total. The summed E-state index contributed by atoms with van der Waals surface area (Å²) in [5, 5.41) is 5.77. The fourth-order valence-corrected chi connectivity index (χ4v) is 1.92. The standard InChI is InChI=1S/C10H12N4S/c11-10(12)15-6-5-9-13-7-3-1-2-4-8(7)14-9/h1-4H,5-6H2,(H3,11,12)(H,13,14)/p+1. The first-order valence-corrected chi connectivity index (χ1v) is 5.68. The van der Waals surface area contributed by atoms with Crippen molar-refractivity contribution < 1.29 is 5.41 Å². The first-order valence-electron chi connectivity index (χ1n) is 4.70. The first kappa shape index (κ1) is 10.0. The molecule has 15 heavy (non-hydrogen) atoms. The zero-order valence-electron chi connectivity index (χ0n) is 8.23. The minimum Gasteiger partial charge on any atom is -0.342 e. The minimum absolute atomic E-state index is 0.408. The van der Waals surface area contributed by atoms with E-state index in [0.29, 0.717) is 5.17 Å². The van der Waals surface area contributed by atoms with Gasteiger partial charge in [-0.05, 0) is 23.9 Å². The molecule has 0 spiro atoms. The van der Waals surface area contributed by atoms with Crippen LogP contribution >= 0.6 is 11.8 Å². The number of aromatic nitrogens is 2. The molecule has 0 aliphatic carbocycles. The molecule has 2 rings (SSSR count). The predicted octanol–water partition coefficient (Wildman–Crippen LogP) is -0.0876. The van der Waals surface area contributed by atoms with Crippen molar-refractivity contribution in [1.29, 1.82) is 0 Å². The molecule has 0 amide bonds. The van der Waals surface area contributed by atoms with Gasteiger partial charge in [0.25, 0.3) is 5.17 Å². The van der Waals surface area contributed by atoms with Gasteiger partial charge in [0, 0.05) is 12.2 Å². The average molecular weight is 221 g/mol. The number of fused-ring (bicyclic) bond motifs is 1. The van der Waals surface area contributed by atoms with Crippen LogP contribution in [-0.4, -0.2) is 20.9 Å². The van der Waals surface area contributed by atoms with E-state index in [-0.39, 0.29) is 0 Å². The number of aryl methyl sites for hydroxylation is 1. The number of benzene rings is 1. The van der Waals surface area contributed by atoms with E-state index in [0.717, 1.165) is 29.0 Å². The molecule has 0 unspecified atom stereocenters. The third-order valence-electron chi connectivity index (χ3n) is 2.05. The molecule has 1 heterocycles. The molecule has 0 saturated heterocycles. The largest absolute Gasteiger partial charge is 0.342 e. The Bertz CT molecular complexity index is 444. The summed E-state index contributed by atoms with van der Waals surface area (Å²) in [5.74, 6) is 1.83. The molecule has 5 heteroatoms. The van der Waals surface area contributed by atoms with Crippen LogP contribution in [0.2, 0.25) is 0 Å². The molecule has 1 aromatic heterocycles. The van der Waals surface area contributed by atoms with Gasteiger partial charge in [0.15, 0.2) is 0 Å². The van der Waals surface area contributed by atoms with Gasteiger partial charge < -0.3 is 4.98 Å². The van der Waals surface area contributed by atoms with Crippen LogP contribution in [0.5, 0.6) is 0 Å². The third-order valence-corrected chi connectivity index (χ3v) is 2.79. The van der Waals surface area contributed by atoms with Gasteiger partial charge >= 0.3 is 0 Å². The summed E-state index contributed by atoms with van der Waals surface area (Å²) in [7, 11) is 0. The number of rotatable bonds is 3. The third kappa shape index (κ3) is 2.50. The molecule has 0 aliphatic rings. The van der Waals surface area contributed by atoms with Crippen LogP contribution in [0.25, 0.3) is 11.0 Å². The van der Waals surface area contributed by atoms with Crippen LogP contribution in [0.3, 0.4) is 0 Å². The molecule has 0 atom stereocenters. The fraction of sp³-hybridized carbons (Fsp3) is 0.200. The number of nitrogens with two attached hydrogens (primary N) is 2. The van der Waals surface area contributed by atoms with Gasteiger partial charge in [-0.25, -0.2) is 4.98 Å². The number of hydrogen-bond acceptors (Lipinski definition) is 2. The van der Waals surface area contributed by atoms with E-state index >= 15 is 0 Å². The monoisotopic (exact) mass is 221 g/mol. The van der Waals surface area contributed by atoms with Crippen LogP contribution in [-0.2, 0) is 6.42 Å². The normalized spacial score (nSPS) is 10.7. The summed E-state index contributed by atoms with van der Waals surface area (Å²) >= 11 is 1.45. The second-order valence-corrected chi connectivity index (χ2v) is 4.37. The van der Waals surface area contributed by atoms with E-state index in [1.807, 2.05) is 24.3 Å². The van der Waals surface area contributed by atoms with Crippen molar-refractivity contribution in [2.75, 3.05) is 5.75 Å². The molecule has 0 fully saturated rings. The summed E-state index contributed by atoms with van der Waals surface area (Å²) in [6, 6.07) is 7.98. The summed E-state index contributed by atoms with van der Waals surface area (Å²) in [6.07, 6.45) is 0.844. The van der Waals surface area contributed by atoms with Crippen molar-refractivity contribution in [3.05, 3.63) is 30.1 Å². The number of amidine groups is 1. The topological polar surface area (TPSA) is 80.3 Å². The summed E-state index contributed by atoms with van der Waals surface area (Å²) in [5.41, 5.74) is 7.43. The van der Waals surface area contributed by atoms with E-state index in [9.17, 15) is 0 Å². The number of thioether (sulfide) groups is 1. The van der Waals surface area contributed by atoms with E-state index in [2.05, 4.69) is 9.97 Å². The predicted molar refractivity (Wildman–Crippen MR) is 63.4 cm³/mol. The Balaban J connectivity index is 2.05. The van der Waals surface area contributed by atoms with E-state index in [1.165, 1.54) is 11.8 Å². The van der Waals surface area contributed by atoms with Gasteiger partial charge in [-0.15, -0.1) is 0 Å². The van der Waals surface area contributed by atoms with Gasteiger partial charge in [-0.1, -0.05) is 12.1 Å².